The number of nitrogen functional groups attached to an aromatic ring is 1. The molecule has 0 atom stereocenters. The highest BCUT2D eigenvalue weighted by molar-refractivity contribution is 6.31. The Hall–Kier alpha value is -2.07. The molecular weight excluding hydrogens is 279 g/mol. The van der Waals surface area contributed by atoms with Crippen molar-refractivity contribution in [2.45, 2.75) is 6.92 Å². The molecule has 0 saturated heterocycles. The fourth-order valence-electron chi connectivity index (χ4n) is 1.95. The number of anilines is 2. The van der Waals surface area contributed by atoms with Crippen LogP contribution in [0.25, 0.3) is 0 Å². The SMILES string of the molecule is CCN(C(=O)c1cc(Cl)ccc1N)c1cccc(F)c1. The van der Waals surface area contributed by atoms with Gasteiger partial charge in [0.1, 0.15) is 5.82 Å². The Labute approximate surface area is 121 Å². The van der Waals surface area contributed by atoms with Gasteiger partial charge in [0.05, 0.1) is 5.56 Å². The van der Waals surface area contributed by atoms with E-state index in [0.29, 0.717) is 28.5 Å². The van der Waals surface area contributed by atoms with E-state index in [1.165, 1.54) is 23.1 Å². The molecule has 0 heterocycles. The first kappa shape index (κ1) is 14.3. The van der Waals surface area contributed by atoms with Crippen molar-refractivity contribution in [3.8, 4) is 0 Å². The van der Waals surface area contributed by atoms with Crippen LogP contribution in [-0.2, 0) is 0 Å². The van der Waals surface area contributed by atoms with Crippen LogP contribution in [0.3, 0.4) is 0 Å². The predicted molar refractivity (Wildman–Crippen MR) is 79.6 cm³/mol. The minimum atomic E-state index is -0.396. The number of amides is 1. The zero-order valence-corrected chi connectivity index (χ0v) is 11.7. The van der Waals surface area contributed by atoms with Crippen LogP contribution in [0.5, 0.6) is 0 Å². The highest BCUT2D eigenvalue weighted by Gasteiger charge is 2.19. The van der Waals surface area contributed by atoms with Crippen LogP contribution in [0.4, 0.5) is 15.8 Å². The van der Waals surface area contributed by atoms with Gasteiger partial charge in [-0.1, -0.05) is 17.7 Å². The minimum Gasteiger partial charge on any atom is -0.398 e. The van der Waals surface area contributed by atoms with Crippen LogP contribution in [0.2, 0.25) is 5.02 Å². The third-order valence-electron chi connectivity index (χ3n) is 2.93. The number of carbonyl (C=O) groups excluding carboxylic acids is 1. The van der Waals surface area contributed by atoms with Gasteiger partial charge in [0, 0.05) is 22.9 Å². The third kappa shape index (κ3) is 2.91. The maximum atomic E-state index is 13.3. The van der Waals surface area contributed by atoms with E-state index in [1.54, 1.807) is 24.3 Å². The number of nitrogens with zero attached hydrogens (tertiary/aromatic N) is 1. The summed E-state index contributed by atoms with van der Waals surface area (Å²) in [6.07, 6.45) is 0. The summed E-state index contributed by atoms with van der Waals surface area (Å²) >= 11 is 5.89. The summed E-state index contributed by atoms with van der Waals surface area (Å²) in [5, 5.41) is 0.429. The normalized spacial score (nSPS) is 10.3. The van der Waals surface area contributed by atoms with Gasteiger partial charge in [0.15, 0.2) is 0 Å². The quantitative estimate of drug-likeness (QED) is 0.876. The Morgan fingerprint density at radius 3 is 2.70 bits per heavy atom. The Morgan fingerprint density at radius 2 is 2.05 bits per heavy atom. The number of hydrogen-bond acceptors (Lipinski definition) is 2. The fourth-order valence-corrected chi connectivity index (χ4v) is 2.12. The van der Waals surface area contributed by atoms with Crippen LogP contribution < -0.4 is 10.6 Å². The van der Waals surface area contributed by atoms with Crippen molar-refractivity contribution in [2.24, 2.45) is 0 Å². The average Bonchev–Trinajstić information content (AvgIpc) is 2.42. The number of nitrogens with two attached hydrogens (primary N) is 1. The summed E-state index contributed by atoms with van der Waals surface area (Å²) in [6.45, 7) is 2.21. The van der Waals surface area contributed by atoms with E-state index in [0.717, 1.165) is 0 Å². The predicted octanol–water partition coefficient (Wildman–Crippen LogP) is 3.73. The van der Waals surface area contributed by atoms with Gasteiger partial charge >= 0.3 is 0 Å². The largest absolute Gasteiger partial charge is 0.398 e. The molecule has 0 radical (unpaired) electrons. The van der Waals surface area contributed by atoms with Crippen LogP contribution in [0.1, 0.15) is 17.3 Å². The van der Waals surface area contributed by atoms with E-state index >= 15 is 0 Å². The molecule has 3 nitrogen and oxygen atoms in total. The molecule has 2 aromatic rings. The minimum absolute atomic E-state index is 0.307. The summed E-state index contributed by atoms with van der Waals surface area (Å²) in [5.41, 5.74) is 6.94. The summed E-state index contributed by atoms with van der Waals surface area (Å²) in [6, 6.07) is 10.6. The Morgan fingerprint density at radius 1 is 1.30 bits per heavy atom. The lowest BCUT2D eigenvalue weighted by Crippen LogP contribution is -2.31. The number of carbonyl (C=O) groups is 1. The van der Waals surface area contributed by atoms with E-state index in [-0.39, 0.29) is 5.91 Å². The molecule has 0 spiro atoms. The van der Waals surface area contributed by atoms with Gasteiger partial charge in [-0.05, 0) is 43.3 Å². The van der Waals surface area contributed by atoms with Gasteiger partial charge in [-0.25, -0.2) is 4.39 Å². The molecule has 2 aromatic carbocycles. The van der Waals surface area contributed by atoms with E-state index < -0.39 is 5.82 Å². The maximum absolute atomic E-state index is 13.3. The lowest BCUT2D eigenvalue weighted by molar-refractivity contribution is 0.0989. The van der Waals surface area contributed by atoms with Gasteiger partial charge in [0.2, 0.25) is 0 Å². The molecular formula is C15H14ClFN2O. The van der Waals surface area contributed by atoms with Crippen molar-refractivity contribution >= 4 is 28.9 Å². The van der Waals surface area contributed by atoms with Crippen molar-refractivity contribution in [1.29, 1.82) is 0 Å². The molecule has 0 aromatic heterocycles. The molecule has 1 amide bonds. The molecule has 0 saturated carbocycles. The van der Waals surface area contributed by atoms with Gasteiger partial charge in [-0.15, -0.1) is 0 Å². The fraction of sp³-hybridized carbons (Fsp3) is 0.133. The smallest absolute Gasteiger partial charge is 0.260 e. The summed E-state index contributed by atoms with van der Waals surface area (Å²) in [7, 11) is 0. The molecule has 104 valence electrons. The Kier molecular flexibility index (Phi) is 4.25. The van der Waals surface area contributed by atoms with Crippen molar-refractivity contribution in [3.05, 3.63) is 58.9 Å². The molecule has 0 aliphatic carbocycles. The van der Waals surface area contributed by atoms with Crippen LogP contribution in [0.15, 0.2) is 42.5 Å². The number of benzene rings is 2. The van der Waals surface area contributed by atoms with Crippen molar-refractivity contribution in [3.63, 3.8) is 0 Å². The zero-order valence-electron chi connectivity index (χ0n) is 10.9. The summed E-state index contributed by atoms with van der Waals surface area (Å²) in [5.74, 6) is -0.703. The number of halogens is 2. The first-order valence-electron chi connectivity index (χ1n) is 6.15. The molecule has 0 bridgehead atoms. The lowest BCUT2D eigenvalue weighted by atomic mass is 10.1. The van der Waals surface area contributed by atoms with Gasteiger partial charge in [-0.3, -0.25) is 4.79 Å². The second-order valence-corrected chi connectivity index (χ2v) is 4.70. The molecule has 2 rings (SSSR count). The van der Waals surface area contributed by atoms with Gasteiger partial charge in [0.25, 0.3) is 5.91 Å². The monoisotopic (exact) mass is 292 g/mol. The van der Waals surface area contributed by atoms with Crippen LogP contribution in [0, 0.1) is 5.82 Å². The van der Waals surface area contributed by atoms with E-state index in [1.807, 2.05) is 6.92 Å². The second kappa shape index (κ2) is 5.92. The van der Waals surface area contributed by atoms with E-state index in [9.17, 15) is 9.18 Å². The molecule has 20 heavy (non-hydrogen) atoms. The summed E-state index contributed by atoms with van der Waals surface area (Å²) in [4.78, 5) is 14.0. The molecule has 0 fully saturated rings. The molecule has 0 unspecified atom stereocenters. The Bertz CT molecular complexity index is 646. The maximum Gasteiger partial charge on any atom is 0.260 e. The molecule has 0 aliphatic rings. The number of hydrogen-bond donors (Lipinski definition) is 1. The van der Waals surface area contributed by atoms with Crippen LogP contribution >= 0.6 is 11.6 Å². The van der Waals surface area contributed by atoms with Crippen molar-refractivity contribution in [1.82, 2.24) is 0 Å². The Balaban J connectivity index is 2.41. The third-order valence-corrected chi connectivity index (χ3v) is 3.16. The van der Waals surface area contributed by atoms with Gasteiger partial charge in [-0.2, -0.15) is 0 Å². The summed E-state index contributed by atoms with van der Waals surface area (Å²) < 4.78 is 13.3. The molecule has 5 heteroatoms. The van der Waals surface area contributed by atoms with Crippen LogP contribution in [-0.4, -0.2) is 12.5 Å². The molecule has 2 N–H and O–H groups in total. The van der Waals surface area contributed by atoms with E-state index in [2.05, 4.69) is 0 Å². The zero-order chi connectivity index (χ0) is 14.7. The van der Waals surface area contributed by atoms with E-state index in [4.69, 9.17) is 17.3 Å². The first-order valence-corrected chi connectivity index (χ1v) is 6.53. The molecule has 0 aliphatic heterocycles. The first-order chi connectivity index (χ1) is 9.52. The average molecular weight is 293 g/mol. The lowest BCUT2D eigenvalue weighted by Gasteiger charge is -2.22. The number of rotatable bonds is 3. The highest BCUT2D eigenvalue weighted by Crippen LogP contribution is 2.23. The standard InChI is InChI=1S/C15H14ClFN2O/c1-2-19(12-5-3-4-11(17)9-12)15(20)13-8-10(16)6-7-14(13)18/h3-9H,2,18H2,1H3. The van der Waals surface area contributed by atoms with Gasteiger partial charge < -0.3 is 10.6 Å². The van der Waals surface area contributed by atoms with Crippen molar-refractivity contribution < 1.29 is 9.18 Å². The van der Waals surface area contributed by atoms with Crippen molar-refractivity contribution in [2.75, 3.05) is 17.2 Å². The second-order valence-electron chi connectivity index (χ2n) is 4.26. The highest BCUT2D eigenvalue weighted by atomic mass is 35.5. The topological polar surface area (TPSA) is 46.3 Å².